The molecule has 0 saturated heterocycles. The van der Waals surface area contributed by atoms with Crippen LogP contribution in [0.1, 0.15) is 10.4 Å². The summed E-state index contributed by atoms with van der Waals surface area (Å²) in [6.45, 7) is -0.141. The van der Waals surface area contributed by atoms with Crippen LogP contribution < -0.4 is 10.6 Å². The fourth-order valence-corrected chi connectivity index (χ4v) is 3.00. The molecule has 0 aliphatic rings. The van der Waals surface area contributed by atoms with Gasteiger partial charge in [-0.1, -0.05) is 35.9 Å². The Hall–Kier alpha value is -3.64. The van der Waals surface area contributed by atoms with E-state index in [0.717, 1.165) is 5.56 Å². The molecule has 0 atom stereocenters. The maximum absolute atomic E-state index is 12.2. The average Bonchev–Trinajstić information content (AvgIpc) is 3.16. The van der Waals surface area contributed by atoms with Crippen LogP contribution in [-0.2, 0) is 4.79 Å². The molecule has 0 saturated carbocycles. The van der Waals surface area contributed by atoms with Gasteiger partial charge >= 0.3 is 0 Å². The number of hydrogen-bond donors (Lipinski definition) is 2. The van der Waals surface area contributed by atoms with Gasteiger partial charge in [0.05, 0.1) is 6.54 Å². The number of benzene rings is 3. The molecule has 0 radical (unpaired) electrons. The number of oxazole rings is 1. The first-order valence-corrected chi connectivity index (χ1v) is 9.26. The topological polar surface area (TPSA) is 84.2 Å². The molecular formula is C22H16ClN3O3. The molecule has 3 aromatic carbocycles. The van der Waals surface area contributed by atoms with Crippen molar-refractivity contribution in [2.75, 3.05) is 11.9 Å². The van der Waals surface area contributed by atoms with E-state index >= 15 is 0 Å². The van der Waals surface area contributed by atoms with Gasteiger partial charge in [-0.05, 0) is 48.5 Å². The van der Waals surface area contributed by atoms with Crippen LogP contribution in [0.4, 0.5) is 5.69 Å². The van der Waals surface area contributed by atoms with E-state index in [1.54, 1.807) is 54.6 Å². The summed E-state index contributed by atoms with van der Waals surface area (Å²) in [5.74, 6) is -0.202. The number of hydrogen-bond acceptors (Lipinski definition) is 4. The van der Waals surface area contributed by atoms with E-state index in [-0.39, 0.29) is 18.4 Å². The minimum absolute atomic E-state index is 0.141. The minimum atomic E-state index is -0.341. The molecule has 7 heteroatoms. The van der Waals surface area contributed by atoms with E-state index in [9.17, 15) is 9.59 Å². The third kappa shape index (κ3) is 4.44. The van der Waals surface area contributed by atoms with Crippen LogP contribution in [0.5, 0.6) is 0 Å². The molecule has 0 aliphatic carbocycles. The number of carbonyl (C=O) groups excluding carboxylic acids is 2. The van der Waals surface area contributed by atoms with Gasteiger partial charge in [-0.2, -0.15) is 0 Å². The summed E-state index contributed by atoms with van der Waals surface area (Å²) in [4.78, 5) is 28.6. The van der Waals surface area contributed by atoms with Crippen LogP contribution in [0.3, 0.4) is 0 Å². The zero-order valence-corrected chi connectivity index (χ0v) is 15.9. The third-order valence-corrected chi connectivity index (χ3v) is 4.42. The van der Waals surface area contributed by atoms with Crippen LogP contribution in [-0.4, -0.2) is 23.3 Å². The molecule has 1 aromatic heterocycles. The lowest BCUT2D eigenvalue weighted by Crippen LogP contribution is -2.32. The highest BCUT2D eigenvalue weighted by molar-refractivity contribution is 6.30. The van der Waals surface area contributed by atoms with Gasteiger partial charge in [0, 0.05) is 21.8 Å². The van der Waals surface area contributed by atoms with Crippen LogP contribution in [0.25, 0.3) is 22.6 Å². The van der Waals surface area contributed by atoms with E-state index in [2.05, 4.69) is 15.6 Å². The Morgan fingerprint density at radius 3 is 2.59 bits per heavy atom. The summed E-state index contributed by atoms with van der Waals surface area (Å²) < 4.78 is 5.76. The fraction of sp³-hybridized carbons (Fsp3) is 0.0455. The van der Waals surface area contributed by atoms with Crippen LogP contribution >= 0.6 is 11.6 Å². The monoisotopic (exact) mass is 405 g/mol. The Bertz CT molecular complexity index is 1190. The molecule has 6 nitrogen and oxygen atoms in total. The molecule has 144 valence electrons. The summed E-state index contributed by atoms with van der Waals surface area (Å²) in [5.41, 5.74) is 3.02. The number of halogens is 1. The highest BCUT2D eigenvalue weighted by atomic mass is 35.5. The Labute approximate surface area is 171 Å². The molecule has 2 amide bonds. The Kier molecular flexibility index (Phi) is 5.27. The number of carbonyl (C=O) groups is 2. The molecule has 0 aliphatic heterocycles. The number of anilines is 1. The molecule has 2 N–H and O–H groups in total. The lowest BCUT2D eigenvalue weighted by molar-refractivity contribution is -0.115. The molecule has 1 heterocycles. The van der Waals surface area contributed by atoms with Gasteiger partial charge in [0.1, 0.15) is 5.52 Å². The SMILES string of the molecule is O=C(CNC(=O)c1ccccc1)Nc1ccc2oc(-c3cccc(Cl)c3)nc2c1. The van der Waals surface area contributed by atoms with Gasteiger partial charge in [-0.15, -0.1) is 0 Å². The van der Waals surface area contributed by atoms with Gasteiger partial charge in [0.15, 0.2) is 5.58 Å². The first-order chi connectivity index (χ1) is 14.1. The normalized spacial score (nSPS) is 10.7. The molecule has 29 heavy (non-hydrogen) atoms. The summed E-state index contributed by atoms with van der Waals surface area (Å²) in [6.07, 6.45) is 0. The quantitative estimate of drug-likeness (QED) is 0.511. The molecule has 0 fully saturated rings. The summed E-state index contributed by atoms with van der Waals surface area (Å²) in [6, 6.07) is 21.1. The molecule has 0 bridgehead atoms. The van der Waals surface area contributed by atoms with Gasteiger partial charge in [0.25, 0.3) is 5.91 Å². The van der Waals surface area contributed by atoms with E-state index < -0.39 is 0 Å². The number of fused-ring (bicyclic) bond motifs is 1. The zero-order valence-electron chi connectivity index (χ0n) is 15.2. The predicted octanol–water partition coefficient (Wildman–Crippen LogP) is 4.52. The maximum Gasteiger partial charge on any atom is 0.251 e. The summed E-state index contributed by atoms with van der Waals surface area (Å²) in [5, 5.41) is 5.92. The Morgan fingerprint density at radius 1 is 0.966 bits per heavy atom. The minimum Gasteiger partial charge on any atom is -0.436 e. The van der Waals surface area contributed by atoms with Crippen molar-refractivity contribution in [2.24, 2.45) is 0 Å². The van der Waals surface area contributed by atoms with Gasteiger partial charge < -0.3 is 15.1 Å². The summed E-state index contributed by atoms with van der Waals surface area (Å²) in [7, 11) is 0. The lowest BCUT2D eigenvalue weighted by atomic mass is 10.2. The molecule has 4 aromatic rings. The number of nitrogens with one attached hydrogen (secondary N) is 2. The molecule has 0 unspecified atom stereocenters. The number of rotatable bonds is 5. The zero-order chi connectivity index (χ0) is 20.2. The van der Waals surface area contributed by atoms with Crippen molar-refractivity contribution in [3.05, 3.63) is 83.4 Å². The van der Waals surface area contributed by atoms with Crippen molar-refractivity contribution in [3.8, 4) is 11.5 Å². The highest BCUT2D eigenvalue weighted by Gasteiger charge is 2.11. The van der Waals surface area contributed by atoms with E-state index in [1.165, 1.54) is 0 Å². The van der Waals surface area contributed by atoms with E-state index in [1.807, 2.05) is 18.2 Å². The predicted molar refractivity (Wildman–Crippen MR) is 112 cm³/mol. The van der Waals surface area contributed by atoms with Crippen molar-refractivity contribution < 1.29 is 14.0 Å². The Morgan fingerprint density at radius 2 is 1.79 bits per heavy atom. The van der Waals surface area contributed by atoms with Crippen molar-refractivity contribution >= 4 is 40.2 Å². The van der Waals surface area contributed by atoms with E-state index in [4.69, 9.17) is 16.0 Å². The van der Waals surface area contributed by atoms with Crippen molar-refractivity contribution in [2.45, 2.75) is 0 Å². The second-order valence-electron chi connectivity index (χ2n) is 6.31. The lowest BCUT2D eigenvalue weighted by Gasteiger charge is -2.07. The molecule has 4 rings (SSSR count). The third-order valence-electron chi connectivity index (χ3n) is 4.19. The maximum atomic E-state index is 12.2. The smallest absolute Gasteiger partial charge is 0.251 e. The van der Waals surface area contributed by atoms with Crippen molar-refractivity contribution in [3.63, 3.8) is 0 Å². The molecular weight excluding hydrogens is 390 g/mol. The second kappa shape index (κ2) is 8.16. The van der Waals surface area contributed by atoms with Gasteiger partial charge in [0.2, 0.25) is 11.8 Å². The van der Waals surface area contributed by atoms with Crippen LogP contribution in [0.15, 0.2) is 77.2 Å². The molecule has 0 spiro atoms. The first-order valence-electron chi connectivity index (χ1n) is 8.88. The van der Waals surface area contributed by atoms with Gasteiger partial charge in [-0.3, -0.25) is 9.59 Å². The standard InChI is InChI=1S/C22H16ClN3O3/c23-16-8-4-7-15(11-16)22-26-18-12-17(9-10-19(18)29-22)25-20(27)13-24-21(28)14-5-2-1-3-6-14/h1-12H,13H2,(H,24,28)(H,25,27). The van der Waals surface area contributed by atoms with E-state index in [0.29, 0.717) is 33.3 Å². The van der Waals surface area contributed by atoms with Gasteiger partial charge in [-0.25, -0.2) is 4.98 Å². The number of aromatic nitrogens is 1. The largest absolute Gasteiger partial charge is 0.436 e. The Balaban J connectivity index is 1.43. The van der Waals surface area contributed by atoms with Crippen LogP contribution in [0.2, 0.25) is 5.02 Å². The highest BCUT2D eigenvalue weighted by Crippen LogP contribution is 2.27. The fourth-order valence-electron chi connectivity index (χ4n) is 2.81. The van der Waals surface area contributed by atoms with Crippen LogP contribution in [0, 0.1) is 0 Å². The van der Waals surface area contributed by atoms with Crippen molar-refractivity contribution in [1.82, 2.24) is 10.3 Å². The summed E-state index contributed by atoms with van der Waals surface area (Å²) >= 11 is 6.02. The average molecular weight is 406 g/mol. The number of nitrogens with zero attached hydrogens (tertiary/aromatic N) is 1. The second-order valence-corrected chi connectivity index (χ2v) is 6.75. The first kappa shape index (κ1) is 18.7. The van der Waals surface area contributed by atoms with Crippen molar-refractivity contribution in [1.29, 1.82) is 0 Å². The number of amides is 2.